The van der Waals surface area contributed by atoms with Gasteiger partial charge >= 0.3 is 5.97 Å². The fraction of sp³-hybridized carbons (Fsp3) is 0.300. The second-order valence-corrected chi connectivity index (χ2v) is 3.28. The Kier molecular flexibility index (Phi) is 4.45. The van der Waals surface area contributed by atoms with E-state index in [1.807, 2.05) is 0 Å². The van der Waals surface area contributed by atoms with Crippen molar-refractivity contribution in [2.75, 3.05) is 0 Å². The van der Waals surface area contributed by atoms with Crippen LogP contribution >= 0.6 is 0 Å². The standard InChI is InChI=1S/C10H9F2N3O3/c1-2-8(10(16)17)18-5-3-6(11)9(14-15-13)7(12)4-5/h3-4,8H,2H2,1H3,(H,16,17). The van der Waals surface area contributed by atoms with Gasteiger partial charge in [-0.25, -0.2) is 13.6 Å². The number of nitrogens with zero attached hydrogens (tertiary/aromatic N) is 3. The van der Waals surface area contributed by atoms with Gasteiger partial charge in [0.25, 0.3) is 0 Å². The number of hydrogen-bond acceptors (Lipinski definition) is 3. The molecule has 1 atom stereocenters. The van der Waals surface area contributed by atoms with Gasteiger partial charge in [-0.3, -0.25) is 0 Å². The zero-order valence-electron chi connectivity index (χ0n) is 9.30. The molecule has 1 N–H and O–H groups in total. The first-order valence-corrected chi connectivity index (χ1v) is 4.93. The van der Waals surface area contributed by atoms with Gasteiger partial charge in [-0.05, 0) is 12.0 Å². The smallest absolute Gasteiger partial charge is 0.344 e. The molecule has 18 heavy (non-hydrogen) atoms. The summed E-state index contributed by atoms with van der Waals surface area (Å²) in [6.07, 6.45) is -1.06. The van der Waals surface area contributed by atoms with Crippen LogP contribution in [0.4, 0.5) is 14.5 Å². The normalized spacial score (nSPS) is 11.5. The molecule has 0 heterocycles. The monoisotopic (exact) mass is 257 g/mol. The molecule has 8 heteroatoms. The summed E-state index contributed by atoms with van der Waals surface area (Å²) in [6.45, 7) is 1.56. The minimum absolute atomic E-state index is 0.136. The summed E-state index contributed by atoms with van der Waals surface area (Å²) in [5, 5.41) is 11.6. The molecule has 1 rings (SSSR count). The lowest BCUT2D eigenvalue weighted by Gasteiger charge is -2.13. The van der Waals surface area contributed by atoms with Crippen molar-refractivity contribution >= 4 is 11.7 Å². The first kappa shape index (κ1) is 13.7. The number of hydrogen-bond donors (Lipinski definition) is 1. The van der Waals surface area contributed by atoms with Crippen LogP contribution in [-0.2, 0) is 4.79 Å². The van der Waals surface area contributed by atoms with Crippen LogP contribution in [0.3, 0.4) is 0 Å². The zero-order valence-corrected chi connectivity index (χ0v) is 9.30. The van der Waals surface area contributed by atoms with Gasteiger partial charge in [-0.2, -0.15) is 0 Å². The van der Waals surface area contributed by atoms with Crippen LogP contribution in [0.15, 0.2) is 17.2 Å². The highest BCUT2D eigenvalue weighted by Gasteiger charge is 2.18. The topological polar surface area (TPSA) is 95.3 Å². The summed E-state index contributed by atoms with van der Waals surface area (Å²) in [4.78, 5) is 13.0. The molecule has 1 aromatic carbocycles. The molecule has 0 saturated carbocycles. The van der Waals surface area contributed by atoms with E-state index in [2.05, 4.69) is 10.0 Å². The lowest BCUT2D eigenvalue weighted by molar-refractivity contribution is -0.145. The molecule has 0 bridgehead atoms. The van der Waals surface area contributed by atoms with E-state index >= 15 is 0 Å². The maximum Gasteiger partial charge on any atom is 0.344 e. The fourth-order valence-corrected chi connectivity index (χ4v) is 1.22. The van der Waals surface area contributed by atoms with Crippen molar-refractivity contribution in [2.24, 2.45) is 5.11 Å². The molecule has 0 spiro atoms. The molecular weight excluding hydrogens is 248 g/mol. The lowest BCUT2D eigenvalue weighted by Crippen LogP contribution is -2.26. The van der Waals surface area contributed by atoms with E-state index < -0.39 is 29.4 Å². The maximum absolute atomic E-state index is 13.3. The minimum atomic E-state index is -1.24. The molecule has 96 valence electrons. The molecule has 0 aromatic heterocycles. The molecule has 0 saturated heterocycles. The SMILES string of the molecule is CCC(Oc1cc(F)c(N=[N+]=[N-])c(F)c1)C(=O)O. The van der Waals surface area contributed by atoms with Gasteiger partial charge in [-0.15, -0.1) is 0 Å². The van der Waals surface area contributed by atoms with Gasteiger partial charge in [0.2, 0.25) is 0 Å². The Morgan fingerprint density at radius 1 is 1.56 bits per heavy atom. The highest BCUT2D eigenvalue weighted by atomic mass is 19.1. The largest absolute Gasteiger partial charge is 0.479 e. The average molecular weight is 257 g/mol. The lowest BCUT2D eigenvalue weighted by atomic mass is 10.2. The number of carbonyl (C=O) groups is 1. The van der Waals surface area contributed by atoms with E-state index in [9.17, 15) is 13.6 Å². The van der Waals surface area contributed by atoms with Crippen molar-refractivity contribution in [3.63, 3.8) is 0 Å². The molecule has 0 fully saturated rings. The number of aliphatic carboxylic acids is 1. The number of ether oxygens (including phenoxy) is 1. The van der Waals surface area contributed by atoms with E-state index in [1.54, 1.807) is 6.92 Å². The Morgan fingerprint density at radius 3 is 2.50 bits per heavy atom. The molecule has 1 aromatic rings. The van der Waals surface area contributed by atoms with Crippen molar-refractivity contribution in [3.05, 3.63) is 34.2 Å². The second kappa shape index (κ2) is 5.83. The quantitative estimate of drug-likeness (QED) is 0.498. The predicted octanol–water partition coefficient (Wildman–Crippen LogP) is 3.15. The Hall–Kier alpha value is -2.34. The number of azide groups is 1. The van der Waals surface area contributed by atoms with Crippen molar-refractivity contribution in [1.29, 1.82) is 0 Å². The molecule has 6 nitrogen and oxygen atoms in total. The minimum Gasteiger partial charge on any atom is -0.479 e. The van der Waals surface area contributed by atoms with Crippen LogP contribution in [0.5, 0.6) is 5.75 Å². The zero-order chi connectivity index (χ0) is 13.7. The van der Waals surface area contributed by atoms with Gasteiger partial charge in [0.15, 0.2) is 6.10 Å². The Balaban J connectivity index is 3.06. The maximum atomic E-state index is 13.3. The van der Waals surface area contributed by atoms with Crippen LogP contribution < -0.4 is 4.74 Å². The number of carboxylic acids is 1. The van der Waals surface area contributed by atoms with Crippen LogP contribution in [0.2, 0.25) is 0 Å². The molecule has 0 aliphatic rings. The molecule has 1 unspecified atom stereocenters. The molecular formula is C10H9F2N3O3. The van der Waals surface area contributed by atoms with E-state index in [0.717, 1.165) is 12.1 Å². The third-order valence-corrected chi connectivity index (χ3v) is 2.06. The predicted molar refractivity (Wildman–Crippen MR) is 57.5 cm³/mol. The molecule has 0 amide bonds. The molecule has 0 aliphatic carbocycles. The third-order valence-electron chi connectivity index (χ3n) is 2.06. The Morgan fingerprint density at radius 2 is 2.11 bits per heavy atom. The third kappa shape index (κ3) is 3.08. The molecule has 0 aliphatic heterocycles. The summed E-state index contributed by atoms with van der Waals surface area (Å²) < 4.78 is 31.5. The van der Waals surface area contributed by atoms with E-state index in [1.165, 1.54) is 0 Å². The highest BCUT2D eigenvalue weighted by Crippen LogP contribution is 2.28. The van der Waals surface area contributed by atoms with E-state index in [0.29, 0.717) is 0 Å². The van der Waals surface area contributed by atoms with Crippen molar-refractivity contribution in [2.45, 2.75) is 19.4 Å². The summed E-state index contributed by atoms with van der Waals surface area (Å²) in [7, 11) is 0. The van der Waals surface area contributed by atoms with Gasteiger partial charge in [0.05, 0.1) is 0 Å². The number of rotatable bonds is 5. The average Bonchev–Trinajstić information content (AvgIpc) is 2.30. The summed E-state index contributed by atoms with van der Waals surface area (Å²) in [5.41, 5.74) is 7.33. The second-order valence-electron chi connectivity index (χ2n) is 3.28. The summed E-state index contributed by atoms with van der Waals surface area (Å²) >= 11 is 0. The van der Waals surface area contributed by atoms with Crippen LogP contribution in [0.1, 0.15) is 13.3 Å². The van der Waals surface area contributed by atoms with Gasteiger partial charge < -0.3 is 9.84 Å². The van der Waals surface area contributed by atoms with Crippen molar-refractivity contribution < 1.29 is 23.4 Å². The van der Waals surface area contributed by atoms with Gasteiger partial charge in [0.1, 0.15) is 23.1 Å². The van der Waals surface area contributed by atoms with Gasteiger partial charge in [0, 0.05) is 17.0 Å². The van der Waals surface area contributed by atoms with Gasteiger partial charge in [-0.1, -0.05) is 12.0 Å². The van der Waals surface area contributed by atoms with Crippen LogP contribution in [-0.4, -0.2) is 17.2 Å². The number of carboxylic acid groups (broad SMARTS) is 1. The number of halogens is 2. The number of benzene rings is 1. The molecule has 0 radical (unpaired) electrons. The van der Waals surface area contributed by atoms with Crippen LogP contribution in [0.25, 0.3) is 10.4 Å². The van der Waals surface area contributed by atoms with Crippen molar-refractivity contribution in [1.82, 2.24) is 0 Å². The van der Waals surface area contributed by atoms with E-state index in [-0.39, 0.29) is 12.2 Å². The van der Waals surface area contributed by atoms with Crippen molar-refractivity contribution in [3.8, 4) is 5.75 Å². The Labute approximate surface area is 100 Å². The highest BCUT2D eigenvalue weighted by molar-refractivity contribution is 5.72. The summed E-state index contributed by atoms with van der Waals surface area (Å²) in [6, 6.07) is 1.53. The Bertz CT molecular complexity index is 492. The first-order valence-electron chi connectivity index (χ1n) is 4.93. The first-order chi connectivity index (χ1) is 8.49. The van der Waals surface area contributed by atoms with E-state index in [4.69, 9.17) is 15.4 Å². The summed E-state index contributed by atoms with van der Waals surface area (Å²) in [5.74, 6) is -3.76. The van der Waals surface area contributed by atoms with Crippen LogP contribution in [0, 0.1) is 11.6 Å². The fourth-order valence-electron chi connectivity index (χ4n) is 1.22.